The molecule has 1 aromatic carbocycles. The second-order valence-electron chi connectivity index (χ2n) is 7.19. The van der Waals surface area contributed by atoms with Gasteiger partial charge in [0.1, 0.15) is 0 Å². The van der Waals surface area contributed by atoms with Gasteiger partial charge >= 0.3 is 0 Å². The van der Waals surface area contributed by atoms with Crippen molar-refractivity contribution in [3.63, 3.8) is 0 Å². The van der Waals surface area contributed by atoms with Gasteiger partial charge in [-0.05, 0) is 101 Å². The van der Waals surface area contributed by atoms with Crippen LogP contribution in [0.1, 0.15) is 54.0 Å². The highest BCUT2D eigenvalue weighted by atomic mass is 35.5. The lowest BCUT2D eigenvalue weighted by atomic mass is 9.95. The van der Waals surface area contributed by atoms with E-state index < -0.39 is 10.0 Å². The van der Waals surface area contributed by atoms with Gasteiger partial charge in [0.15, 0.2) is 0 Å². The Morgan fingerprint density at radius 1 is 0.920 bits per heavy atom. The van der Waals surface area contributed by atoms with Gasteiger partial charge in [0.2, 0.25) is 10.0 Å². The monoisotopic (exact) mass is 388 g/mol. The zero-order chi connectivity index (χ0) is 18.1. The van der Waals surface area contributed by atoms with Gasteiger partial charge < -0.3 is 4.90 Å². The molecule has 1 saturated heterocycles. The summed E-state index contributed by atoms with van der Waals surface area (Å²) in [7, 11) is -3.48. The number of hydrogen-bond donors (Lipinski definition) is 1. The molecule has 0 radical (unpaired) electrons. The van der Waals surface area contributed by atoms with Crippen LogP contribution in [0.25, 0.3) is 0 Å². The van der Waals surface area contributed by atoms with Crippen molar-refractivity contribution < 1.29 is 8.42 Å². The third-order valence-electron chi connectivity index (χ3n) is 5.65. The van der Waals surface area contributed by atoms with Gasteiger partial charge in [-0.15, -0.1) is 12.4 Å². The molecular formula is C19H33ClN2O2S. The lowest BCUT2D eigenvalue weighted by Gasteiger charge is -2.32. The average molecular weight is 389 g/mol. The van der Waals surface area contributed by atoms with Crippen molar-refractivity contribution in [2.24, 2.45) is 0 Å². The zero-order valence-electron chi connectivity index (χ0n) is 16.4. The smallest absolute Gasteiger partial charge is 0.241 e. The van der Waals surface area contributed by atoms with Crippen molar-refractivity contribution in [3.8, 4) is 0 Å². The Labute approximate surface area is 159 Å². The molecule has 0 atom stereocenters. The summed E-state index contributed by atoms with van der Waals surface area (Å²) in [6.45, 7) is 15.2. The molecule has 2 rings (SSSR count). The molecule has 0 saturated carbocycles. The molecule has 0 unspecified atom stereocenters. The molecule has 0 aliphatic carbocycles. The molecule has 0 amide bonds. The first-order valence-corrected chi connectivity index (χ1v) is 10.5. The summed E-state index contributed by atoms with van der Waals surface area (Å²) in [5.41, 5.74) is 5.11. The summed E-state index contributed by atoms with van der Waals surface area (Å²) in [5.74, 6) is 0. The average Bonchev–Trinajstić information content (AvgIpc) is 2.53. The molecule has 1 N–H and O–H groups in total. The Kier molecular flexibility index (Phi) is 7.94. The quantitative estimate of drug-likeness (QED) is 0.834. The number of hydrogen-bond acceptors (Lipinski definition) is 3. The van der Waals surface area contributed by atoms with E-state index in [1.54, 1.807) is 0 Å². The van der Waals surface area contributed by atoms with E-state index in [1.807, 2.05) is 27.7 Å². The van der Waals surface area contributed by atoms with Crippen LogP contribution in [0.5, 0.6) is 0 Å². The number of likely N-dealkylation sites (tertiary alicyclic amines) is 1. The molecule has 0 spiro atoms. The maximum Gasteiger partial charge on any atom is 0.241 e. The summed E-state index contributed by atoms with van der Waals surface area (Å²) >= 11 is 0. The molecule has 4 nitrogen and oxygen atoms in total. The van der Waals surface area contributed by atoms with Gasteiger partial charge in [-0.3, -0.25) is 0 Å². The van der Waals surface area contributed by atoms with Crippen LogP contribution in [0.2, 0.25) is 0 Å². The topological polar surface area (TPSA) is 49.4 Å². The highest BCUT2D eigenvalue weighted by molar-refractivity contribution is 7.89. The number of benzene rings is 1. The first-order chi connectivity index (χ1) is 11.2. The van der Waals surface area contributed by atoms with E-state index in [9.17, 15) is 8.42 Å². The maximum absolute atomic E-state index is 13.0. The lowest BCUT2D eigenvalue weighted by Crippen LogP contribution is -2.45. The van der Waals surface area contributed by atoms with Crippen molar-refractivity contribution in [3.05, 3.63) is 27.8 Å². The van der Waals surface area contributed by atoms with Gasteiger partial charge in [-0.2, -0.15) is 0 Å². The van der Waals surface area contributed by atoms with E-state index in [1.165, 1.54) is 5.56 Å². The highest BCUT2D eigenvalue weighted by Crippen LogP contribution is 2.30. The van der Waals surface area contributed by atoms with Crippen molar-refractivity contribution >= 4 is 22.4 Å². The Hall–Kier alpha value is -0.620. The van der Waals surface area contributed by atoms with E-state index in [0.29, 0.717) is 4.90 Å². The van der Waals surface area contributed by atoms with Gasteiger partial charge in [0.05, 0.1) is 4.90 Å². The minimum atomic E-state index is -3.48. The maximum atomic E-state index is 13.0. The Morgan fingerprint density at radius 2 is 1.36 bits per heavy atom. The molecule has 0 aromatic heterocycles. The number of nitrogens with one attached hydrogen (secondary N) is 1. The summed E-state index contributed by atoms with van der Waals surface area (Å²) in [6.07, 6.45) is 2.93. The molecule has 6 heteroatoms. The fourth-order valence-electron chi connectivity index (χ4n) is 3.74. The van der Waals surface area contributed by atoms with Gasteiger partial charge in [-0.1, -0.05) is 6.92 Å². The van der Waals surface area contributed by atoms with E-state index in [4.69, 9.17) is 0 Å². The molecule has 0 bridgehead atoms. The van der Waals surface area contributed by atoms with Crippen molar-refractivity contribution in [2.75, 3.05) is 19.6 Å². The van der Waals surface area contributed by atoms with Crippen LogP contribution < -0.4 is 4.72 Å². The fourth-order valence-corrected chi connectivity index (χ4v) is 5.64. The largest absolute Gasteiger partial charge is 0.303 e. The summed E-state index contributed by atoms with van der Waals surface area (Å²) < 4.78 is 29.1. The minimum absolute atomic E-state index is 0. The third-order valence-corrected chi connectivity index (χ3v) is 7.44. The summed E-state index contributed by atoms with van der Waals surface area (Å²) in [5, 5.41) is 0. The van der Waals surface area contributed by atoms with Crippen LogP contribution in [0, 0.1) is 34.6 Å². The molecule has 1 aliphatic rings. The van der Waals surface area contributed by atoms with Crippen LogP contribution in [0.4, 0.5) is 0 Å². The second-order valence-corrected chi connectivity index (χ2v) is 8.84. The number of piperidine rings is 1. The van der Waals surface area contributed by atoms with Crippen molar-refractivity contribution in [1.29, 1.82) is 0 Å². The number of sulfonamides is 1. The van der Waals surface area contributed by atoms with Crippen molar-refractivity contribution in [1.82, 2.24) is 9.62 Å². The molecule has 1 aromatic rings. The van der Waals surface area contributed by atoms with Crippen LogP contribution in [0.3, 0.4) is 0 Å². The molecule has 1 heterocycles. The minimum Gasteiger partial charge on any atom is -0.303 e. The SMILES string of the molecule is CCCN1CCC(NS(=O)(=O)c2c(C)c(C)c(C)c(C)c2C)CC1.Cl. The zero-order valence-corrected chi connectivity index (χ0v) is 18.0. The number of halogens is 1. The van der Waals surface area contributed by atoms with Crippen LogP contribution in [0.15, 0.2) is 4.90 Å². The third kappa shape index (κ3) is 4.76. The standard InChI is InChI=1S/C19H32N2O2S.ClH/c1-7-10-21-11-8-18(9-12-21)20-24(22,23)19-16(5)14(3)13(2)15(4)17(19)6;/h18,20H,7-12H2,1-6H3;1H. The molecule has 25 heavy (non-hydrogen) atoms. The first kappa shape index (κ1) is 22.4. The Bertz CT molecular complexity index is 680. The molecular weight excluding hydrogens is 356 g/mol. The van der Waals surface area contributed by atoms with Gasteiger partial charge in [0.25, 0.3) is 0 Å². The van der Waals surface area contributed by atoms with E-state index in [0.717, 1.165) is 61.2 Å². The van der Waals surface area contributed by atoms with Crippen LogP contribution >= 0.6 is 12.4 Å². The Morgan fingerprint density at radius 3 is 1.80 bits per heavy atom. The summed E-state index contributed by atoms with van der Waals surface area (Å²) in [4.78, 5) is 2.90. The van der Waals surface area contributed by atoms with Crippen molar-refractivity contribution in [2.45, 2.75) is 71.7 Å². The number of nitrogens with zero attached hydrogens (tertiary/aromatic N) is 1. The molecule has 1 aliphatic heterocycles. The molecule has 1 fully saturated rings. The predicted molar refractivity (Wildman–Crippen MR) is 107 cm³/mol. The van der Waals surface area contributed by atoms with Crippen LogP contribution in [-0.2, 0) is 10.0 Å². The van der Waals surface area contributed by atoms with Crippen LogP contribution in [-0.4, -0.2) is 39.0 Å². The normalized spacial score (nSPS) is 16.7. The van der Waals surface area contributed by atoms with E-state index >= 15 is 0 Å². The van der Waals surface area contributed by atoms with Gasteiger partial charge in [-0.25, -0.2) is 13.1 Å². The first-order valence-electron chi connectivity index (χ1n) is 9.00. The lowest BCUT2D eigenvalue weighted by molar-refractivity contribution is 0.208. The van der Waals surface area contributed by atoms with E-state index in [-0.39, 0.29) is 18.4 Å². The fraction of sp³-hybridized carbons (Fsp3) is 0.684. The predicted octanol–water partition coefficient (Wildman–Crippen LogP) is 3.80. The molecule has 144 valence electrons. The van der Waals surface area contributed by atoms with E-state index in [2.05, 4.69) is 23.5 Å². The summed E-state index contributed by atoms with van der Waals surface area (Å²) in [6, 6.07) is 0.0452. The highest BCUT2D eigenvalue weighted by Gasteiger charge is 2.28. The second kappa shape index (κ2) is 8.85. The van der Waals surface area contributed by atoms with Gasteiger partial charge in [0, 0.05) is 6.04 Å². The Balaban J connectivity index is 0.00000312. The number of rotatable bonds is 5.